The molecule has 5 atom stereocenters. The lowest BCUT2D eigenvalue weighted by Gasteiger charge is -2.30. The molecule has 1 aliphatic carbocycles. The third-order valence-corrected chi connectivity index (χ3v) is 14.6. The summed E-state index contributed by atoms with van der Waals surface area (Å²) in [7, 11) is 2.54. The number of rotatable bonds is 12. The highest BCUT2D eigenvalue weighted by Gasteiger charge is 2.55. The number of aromatic amines is 2. The average molecular weight is 970 g/mol. The maximum Gasteiger partial charge on any atom is 0.410 e. The van der Waals surface area contributed by atoms with Crippen LogP contribution in [0.2, 0.25) is 0 Å². The first-order valence-corrected chi connectivity index (χ1v) is 24.2. The first-order valence-electron chi connectivity index (χ1n) is 24.2. The van der Waals surface area contributed by atoms with Crippen LogP contribution in [0.1, 0.15) is 88.2 Å². The maximum atomic E-state index is 14.3. The van der Waals surface area contributed by atoms with Crippen LogP contribution >= 0.6 is 0 Å². The van der Waals surface area contributed by atoms with Crippen LogP contribution in [0.5, 0.6) is 11.5 Å². The standard InChI is InChI=1S/C52H59N9O10/c1-28(2)43(57-49(64)67-5)47(62)60-25-36(71-51(66)59-23-34-17-41-42(70-27-69-41)18-35(34)24-59)19-39(60)45-53-21-37(55-45)32-11-7-30(8-12-32)31-9-13-33(14-10-31)38-22-54-46(56-38)40-20-52(15-16-52)26-61(40)48(63)44(29(3)4)58-50(65)68-6/h7-14,17-18,21-22,28-29,36,39-40,43-44H,15-16,19-20,23-27H2,1-6H3,(H,53,55)(H,54,56)(H,57,64)(H,58,65)/t36?,39-,40-,43-,44-/m0/s1. The molecule has 0 bridgehead atoms. The Labute approximate surface area is 410 Å². The summed E-state index contributed by atoms with van der Waals surface area (Å²) in [5.41, 5.74) is 7.43. The summed E-state index contributed by atoms with van der Waals surface area (Å²) in [6.07, 6.45) is 4.27. The van der Waals surface area contributed by atoms with E-state index < -0.39 is 42.5 Å². The molecule has 2 saturated heterocycles. The number of benzene rings is 3. The fourth-order valence-electron chi connectivity index (χ4n) is 10.3. The molecule has 5 aromatic rings. The lowest BCUT2D eigenvalue weighted by molar-refractivity contribution is -0.136. The van der Waals surface area contributed by atoms with Gasteiger partial charge in [-0.05, 0) is 82.0 Å². The molecule has 372 valence electrons. The van der Waals surface area contributed by atoms with Gasteiger partial charge in [-0.25, -0.2) is 24.4 Å². The van der Waals surface area contributed by atoms with E-state index in [1.165, 1.54) is 14.2 Å². The van der Waals surface area contributed by atoms with Crippen LogP contribution in [0.3, 0.4) is 0 Å². The highest BCUT2D eigenvalue weighted by molar-refractivity contribution is 5.87. The Hall–Kier alpha value is -7.57. The van der Waals surface area contributed by atoms with Crippen LogP contribution < -0.4 is 20.1 Å². The minimum atomic E-state index is -0.899. The summed E-state index contributed by atoms with van der Waals surface area (Å²) in [4.78, 5) is 88.0. The fraction of sp³-hybridized carbons (Fsp3) is 0.442. The molecule has 6 heterocycles. The van der Waals surface area contributed by atoms with Gasteiger partial charge in [0, 0.05) is 26.1 Å². The second kappa shape index (κ2) is 19.0. The molecule has 19 heteroatoms. The van der Waals surface area contributed by atoms with Crippen molar-refractivity contribution in [2.75, 3.05) is 34.1 Å². The van der Waals surface area contributed by atoms with Gasteiger partial charge in [0.05, 0.1) is 56.6 Å². The third kappa shape index (κ3) is 9.44. The number of fused-ring (bicyclic) bond motifs is 2. The van der Waals surface area contributed by atoms with Gasteiger partial charge in [-0.3, -0.25) is 14.5 Å². The number of hydrogen-bond acceptors (Lipinski definition) is 12. The topological polar surface area (TPSA) is 223 Å². The average Bonchev–Trinajstić information content (AvgIpc) is 4.12. The highest BCUT2D eigenvalue weighted by Crippen LogP contribution is 2.58. The van der Waals surface area contributed by atoms with E-state index in [1.54, 1.807) is 16.0 Å². The molecule has 4 aliphatic heterocycles. The Balaban J connectivity index is 0.818. The molecule has 1 unspecified atom stereocenters. The Bertz CT molecular complexity index is 2800. The van der Waals surface area contributed by atoms with E-state index in [2.05, 4.69) is 32.7 Å². The molecular formula is C52H59N9O10. The number of likely N-dealkylation sites (tertiary alicyclic amines) is 2. The number of hydrogen-bond donors (Lipinski definition) is 4. The number of methoxy groups -OCH3 is 2. The molecule has 2 aromatic heterocycles. The van der Waals surface area contributed by atoms with Gasteiger partial charge in [-0.1, -0.05) is 76.2 Å². The number of nitrogens with one attached hydrogen (secondary N) is 4. The van der Waals surface area contributed by atoms with Crippen molar-refractivity contribution in [3.05, 3.63) is 95.8 Å². The zero-order valence-corrected chi connectivity index (χ0v) is 40.7. The van der Waals surface area contributed by atoms with Crippen molar-refractivity contribution in [2.45, 2.75) is 96.7 Å². The van der Waals surface area contributed by atoms with E-state index in [1.807, 2.05) is 87.3 Å². The molecule has 19 nitrogen and oxygen atoms in total. The van der Waals surface area contributed by atoms with Crippen molar-refractivity contribution in [1.82, 2.24) is 45.3 Å². The molecule has 10 rings (SSSR count). The SMILES string of the molecule is COC(=O)N[C@H](C(=O)N1CC(OC(=O)N2Cc3cc4c(cc3C2)OCO4)C[C@H]1c1ncc(-c2ccc(-c3ccc(-c4cnc([C@@H]5CC6(CC6)CN5C(=O)[C@@H](NC(=O)OC)C(C)C)[nH]4)cc3)cc2)[nH]1)C(C)C. The number of carbonyl (C=O) groups is 5. The van der Waals surface area contributed by atoms with Gasteiger partial charge < -0.3 is 54.1 Å². The lowest BCUT2D eigenvalue weighted by Crippen LogP contribution is -2.51. The number of imidazole rings is 2. The number of aromatic nitrogens is 4. The predicted molar refractivity (Wildman–Crippen MR) is 257 cm³/mol. The van der Waals surface area contributed by atoms with E-state index in [-0.39, 0.29) is 54.9 Å². The van der Waals surface area contributed by atoms with Gasteiger partial charge in [0.2, 0.25) is 18.6 Å². The van der Waals surface area contributed by atoms with Gasteiger partial charge in [0.15, 0.2) is 11.5 Å². The molecule has 4 N–H and O–H groups in total. The van der Waals surface area contributed by atoms with Gasteiger partial charge in [-0.15, -0.1) is 0 Å². The quantitative estimate of drug-likeness (QED) is 0.0895. The first kappa shape index (κ1) is 47.1. The molecule has 71 heavy (non-hydrogen) atoms. The smallest absolute Gasteiger partial charge is 0.410 e. The Kier molecular flexibility index (Phi) is 12.6. The molecule has 5 amide bonds. The number of alkyl carbamates (subject to hydrolysis) is 2. The minimum absolute atomic E-state index is 0.0931. The van der Waals surface area contributed by atoms with Crippen LogP contribution in [-0.4, -0.2) is 117 Å². The zero-order valence-electron chi connectivity index (χ0n) is 40.7. The molecule has 3 fully saturated rings. The lowest BCUT2D eigenvalue weighted by atomic mass is 10.0. The van der Waals surface area contributed by atoms with Crippen LogP contribution in [0.25, 0.3) is 33.6 Å². The van der Waals surface area contributed by atoms with Crippen LogP contribution in [0, 0.1) is 17.3 Å². The van der Waals surface area contributed by atoms with Gasteiger partial charge >= 0.3 is 18.3 Å². The highest BCUT2D eigenvalue weighted by atomic mass is 16.7. The molecule has 1 spiro atoms. The van der Waals surface area contributed by atoms with Gasteiger partial charge in [0.25, 0.3) is 0 Å². The van der Waals surface area contributed by atoms with E-state index in [9.17, 15) is 24.0 Å². The second-order valence-corrected chi connectivity index (χ2v) is 20.0. The molecule has 3 aromatic carbocycles. The van der Waals surface area contributed by atoms with Crippen molar-refractivity contribution in [1.29, 1.82) is 0 Å². The van der Waals surface area contributed by atoms with Crippen molar-refractivity contribution in [3.8, 4) is 45.1 Å². The summed E-state index contributed by atoms with van der Waals surface area (Å²) in [5, 5.41) is 5.43. The zero-order chi connectivity index (χ0) is 49.7. The summed E-state index contributed by atoms with van der Waals surface area (Å²) in [6, 6.07) is 17.6. The Morgan fingerprint density at radius 2 is 1.17 bits per heavy atom. The monoisotopic (exact) mass is 969 g/mol. The normalized spacial score (nSPS) is 20.3. The minimum Gasteiger partial charge on any atom is -0.454 e. The predicted octanol–water partition coefficient (Wildman–Crippen LogP) is 7.47. The van der Waals surface area contributed by atoms with Crippen molar-refractivity contribution in [2.24, 2.45) is 17.3 Å². The van der Waals surface area contributed by atoms with Gasteiger partial charge in [-0.2, -0.15) is 0 Å². The van der Waals surface area contributed by atoms with Crippen LogP contribution in [0.15, 0.2) is 73.1 Å². The number of nitrogens with zero attached hydrogens (tertiary/aromatic N) is 5. The van der Waals surface area contributed by atoms with E-state index in [0.717, 1.165) is 69.9 Å². The van der Waals surface area contributed by atoms with Crippen molar-refractivity contribution >= 4 is 30.1 Å². The summed E-state index contributed by atoms with van der Waals surface area (Å²) in [6.45, 7) is 9.11. The fourth-order valence-corrected chi connectivity index (χ4v) is 10.3. The first-order chi connectivity index (χ1) is 34.2. The molecule has 5 aliphatic rings. The second-order valence-electron chi connectivity index (χ2n) is 20.0. The third-order valence-electron chi connectivity index (χ3n) is 14.6. The van der Waals surface area contributed by atoms with Crippen molar-refractivity contribution < 1.29 is 47.7 Å². The van der Waals surface area contributed by atoms with Crippen LogP contribution in [-0.2, 0) is 36.9 Å². The summed E-state index contributed by atoms with van der Waals surface area (Å²) >= 11 is 0. The molecule has 0 radical (unpaired) electrons. The Morgan fingerprint density at radius 3 is 1.65 bits per heavy atom. The number of carbonyl (C=O) groups excluding carboxylic acids is 5. The van der Waals surface area contributed by atoms with Crippen LogP contribution in [0.4, 0.5) is 14.4 Å². The van der Waals surface area contributed by atoms with E-state index in [4.69, 9.17) is 33.7 Å². The summed E-state index contributed by atoms with van der Waals surface area (Å²) < 4.78 is 26.8. The molecular weight excluding hydrogens is 911 g/mol. The summed E-state index contributed by atoms with van der Waals surface area (Å²) in [5.74, 6) is 1.67. The number of ether oxygens (including phenoxy) is 5. The largest absolute Gasteiger partial charge is 0.454 e. The number of H-pyrrole nitrogens is 2. The van der Waals surface area contributed by atoms with Gasteiger partial charge in [0.1, 0.15) is 29.8 Å². The maximum absolute atomic E-state index is 14.3. The van der Waals surface area contributed by atoms with Crippen molar-refractivity contribution in [3.63, 3.8) is 0 Å². The number of amides is 5. The molecule has 1 saturated carbocycles. The Morgan fingerprint density at radius 1 is 0.690 bits per heavy atom. The van der Waals surface area contributed by atoms with E-state index in [0.29, 0.717) is 37.0 Å². The van der Waals surface area contributed by atoms with E-state index >= 15 is 0 Å².